The van der Waals surface area contributed by atoms with E-state index in [1.807, 2.05) is 0 Å². The highest BCUT2D eigenvalue weighted by Gasteiger charge is 2.25. The fourth-order valence-corrected chi connectivity index (χ4v) is 3.44. The zero-order chi connectivity index (χ0) is 15.1. The molecule has 0 saturated carbocycles. The van der Waals surface area contributed by atoms with Crippen LogP contribution in [0, 0.1) is 17.8 Å². The summed E-state index contributed by atoms with van der Waals surface area (Å²) in [5, 5.41) is 13.5. The van der Waals surface area contributed by atoms with Crippen molar-refractivity contribution in [3.63, 3.8) is 0 Å². The summed E-state index contributed by atoms with van der Waals surface area (Å²) in [6.45, 7) is 2.89. The van der Waals surface area contributed by atoms with Crippen molar-refractivity contribution in [3.05, 3.63) is 21.9 Å². The van der Waals surface area contributed by atoms with Crippen LogP contribution in [-0.2, 0) is 11.3 Å². The molecule has 5 heteroatoms. The van der Waals surface area contributed by atoms with Crippen molar-refractivity contribution >= 4 is 17.2 Å². The molecule has 1 aromatic rings. The number of thiophene rings is 1. The molecule has 1 atom stereocenters. The molecule has 2 N–H and O–H groups in total. The number of piperidine rings is 1. The lowest BCUT2D eigenvalue weighted by atomic mass is 9.97. The number of hydrogen-bond donors (Lipinski definition) is 2. The van der Waals surface area contributed by atoms with Gasteiger partial charge in [-0.05, 0) is 25.5 Å². The maximum absolute atomic E-state index is 11.7. The van der Waals surface area contributed by atoms with E-state index >= 15 is 0 Å². The lowest BCUT2D eigenvalue weighted by Gasteiger charge is -2.31. The monoisotopic (exact) mass is 306 g/mol. The highest BCUT2D eigenvalue weighted by molar-refractivity contribution is 7.10. The second kappa shape index (κ2) is 8.18. The van der Waals surface area contributed by atoms with Gasteiger partial charge in [0.1, 0.15) is 0 Å². The van der Waals surface area contributed by atoms with E-state index in [0.29, 0.717) is 6.42 Å². The molecule has 0 spiro atoms. The summed E-state index contributed by atoms with van der Waals surface area (Å²) in [6, 6.07) is 2.11. The molecule has 0 bridgehead atoms. The summed E-state index contributed by atoms with van der Waals surface area (Å²) in [4.78, 5) is 15.4. The summed E-state index contributed by atoms with van der Waals surface area (Å²) >= 11 is 1.71. The number of aliphatic hydroxyl groups excluding tert-OH is 1. The number of hydrogen-bond acceptors (Lipinski definition) is 4. The van der Waals surface area contributed by atoms with Crippen LogP contribution in [0.5, 0.6) is 0 Å². The number of rotatable bonds is 4. The SMILES string of the molecule is CNC(=O)C1CCCN(Cc2cc(C#CCCO)cs2)C1. The van der Waals surface area contributed by atoms with E-state index in [0.717, 1.165) is 38.0 Å². The Hall–Kier alpha value is -1.35. The van der Waals surface area contributed by atoms with Gasteiger partial charge < -0.3 is 10.4 Å². The Morgan fingerprint density at radius 2 is 2.48 bits per heavy atom. The molecule has 2 heterocycles. The van der Waals surface area contributed by atoms with Crippen molar-refractivity contribution in [1.82, 2.24) is 10.2 Å². The van der Waals surface area contributed by atoms with Crippen molar-refractivity contribution in [3.8, 4) is 11.8 Å². The van der Waals surface area contributed by atoms with Crippen LogP contribution in [0.4, 0.5) is 0 Å². The van der Waals surface area contributed by atoms with E-state index < -0.39 is 0 Å². The number of carbonyl (C=O) groups excluding carboxylic acids is 1. The van der Waals surface area contributed by atoms with Crippen LogP contribution < -0.4 is 5.32 Å². The summed E-state index contributed by atoms with van der Waals surface area (Å²) in [7, 11) is 1.71. The van der Waals surface area contributed by atoms with Gasteiger partial charge in [0.05, 0.1) is 12.5 Å². The smallest absolute Gasteiger partial charge is 0.224 e. The Morgan fingerprint density at radius 1 is 1.62 bits per heavy atom. The van der Waals surface area contributed by atoms with Crippen LogP contribution in [0.25, 0.3) is 0 Å². The van der Waals surface area contributed by atoms with Gasteiger partial charge in [0.15, 0.2) is 0 Å². The molecule has 0 radical (unpaired) electrons. The highest BCUT2D eigenvalue weighted by atomic mass is 32.1. The Morgan fingerprint density at radius 3 is 3.24 bits per heavy atom. The molecule has 1 unspecified atom stereocenters. The van der Waals surface area contributed by atoms with Crippen molar-refractivity contribution in [2.45, 2.75) is 25.8 Å². The third kappa shape index (κ3) is 4.85. The molecule has 0 aromatic carbocycles. The molecule has 2 rings (SSSR count). The first-order valence-corrected chi connectivity index (χ1v) is 8.22. The van der Waals surface area contributed by atoms with Gasteiger partial charge in [-0.2, -0.15) is 0 Å². The Bertz CT molecular complexity index is 530. The van der Waals surface area contributed by atoms with Gasteiger partial charge in [-0.15, -0.1) is 11.3 Å². The minimum absolute atomic E-state index is 0.110. The number of amides is 1. The second-order valence-electron chi connectivity index (χ2n) is 5.27. The molecular weight excluding hydrogens is 284 g/mol. The minimum Gasteiger partial charge on any atom is -0.395 e. The molecule has 0 aliphatic carbocycles. The molecule has 1 amide bonds. The lowest BCUT2D eigenvalue weighted by Crippen LogP contribution is -2.41. The zero-order valence-corrected chi connectivity index (χ0v) is 13.2. The number of aliphatic hydroxyl groups is 1. The van der Waals surface area contributed by atoms with Crippen molar-refractivity contribution < 1.29 is 9.90 Å². The zero-order valence-electron chi connectivity index (χ0n) is 12.4. The Labute approximate surface area is 130 Å². The first-order valence-electron chi connectivity index (χ1n) is 7.34. The molecule has 21 heavy (non-hydrogen) atoms. The van der Waals surface area contributed by atoms with Gasteiger partial charge in [0.25, 0.3) is 0 Å². The molecule has 1 saturated heterocycles. The van der Waals surface area contributed by atoms with Gasteiger partial charge in [-0.3, -0.25) is 9.69 Å². The van der Waals surface area contributed by atoms with Gasteiger partial charge in [0.2, 0.25) is 5.91 Å². The molecule has 4 nitrogen and oxygen atoms in total. The molecule has 114 valence electrons. The third-order valence-corrected chi connectivity index (χ3v) is 4.55. The van der Waals surface area contributed by atoms with Crippen LogP contribution in [0.1, 0.15) is 29.7 Å². The molecule has 1 aliphatic heterocycles. The average Bonchev–Trinajstić information content (AvgIpc) is 2.94. The lowest BCUT2D eigenvalue weighted by molar-refractivity contribution is -0.126. The number of carbonyl (C=O) groups is 1. The van der Waals surface area contributed by atoms with Crippen LogP contribution in [0.15, 0.2) is 11.4 Å². The van der Waals surface area contributed by atoms with Crippen LogP contribution in [-0.4, -0.2) is 42.7 Å². The fraction of sp³-hybridized carbons (Fsp3) is 0.562. The van der Waals surface area contributed by atoms with Crippen molar-refractivity contribution in [2.24, 2.45) is 5.92 Å². The quantitative estimate of drug-likeness (QED) is 0.828. The topological polar surface area (TPSA) is 52.6 Å². The third-order valence-electron chi connectivity index (χ3n) is 3.63. The van der Waals surface area contributed by atoms with Crippen molar-refractivity contribution in [2.75, 3.05) is 26.7 Å². The molecule has 1 fully saturated rings. The normalized spacial score (nSPS) is 18.9. The summed E-state index contributed by atoms with van der Waals surface area (Å²) in [5.74, 6) is 6.27. The Kier molecular flexibility index (Phi) is 6.24. The summed E-state index contributed by atoms with van der Waals surface area (Å²) in [6.07, 6.45) is 2.58. The fourth-order valence-electron chi connectivity index (χ4n) is 2.59. The first kappa shape index (κ1) is 16.0. The summed E-state index contributed by atoms with van der Waals surface area (Å²) in [5.41, 5.74) is 1.02. The predicted octanol–water partition coefficient (Wildman–Crippen LogP) is 1.44. The largest absolute Gasteiger partial charge is 0.395 e. The van der Waals surface area contributed by atoms with E-state index in [4.69, 9.17) is 5.11 Å². The van der Waals surface area contributed by atoms with Crippen LogP contribution >= 0.6 is 11.3 Å². The number of nitrogens with zero attached hydrogens (tertiary/aromatic N) is 1. The van der Waals surface area contributed by atoms with E-state index in [1.54, 1.807) is 18.4 Å². The van der Waals surface area contributed by atoms with E-state index in [2.05, 4.69) is 33.5 Å². The Balaban J connectivity index is 1.90. The van der Waals surface area contributed by atoms with Gasteiger partial charge in [-0.25, -0.2) is 0 Å². The summed E-state index contributed by atoms with van der Waals surface area (Å²) < 4.78 is 0. The van der Waals surface area contributed by atoms with E-state index in [9.17, 15) is 4.79 Å². The van der Waals surface area contributed by atoms with Gasteiger partial charge in [0, 0.05) is 42.4 Å². The van der Waals surface area contributed by atoms with Crippen LogP contribution in [0.2, 0.25) is 0 Å². The maximum atomic E-state index is 11.7. The van der Waals surface area contributed by atoms with E-state index in [1.165, 1.54) is 4.88 Å². The molecule has 1 aromatic heterocycles. The maximum Gasteiger partial charge on any atom is 0.224 e. The second-order valence-corrected chi connectivity index (χ2v) is 6.26. The van der Waals surface area contributed by atoms with Crippen LogP contribution in [0.3, 0.4) is 0 Å². The number of likely N-dealkylation sites (tertiary alicyclic amines) is 1. The first-order chi connectivity index (χ1) is 10.2. The minimum atomic E-state index is 0.110. The predicted molar refractivity (Wildman–Crippen MR) is 85.0 cm³/mol. The molecule has 1 aliphatic rings. The standard InChI is InChI=1S/C16H22N2O2S/c1-17-16(20)14-6-4-7-18(10-14)11-15-9-13(12-21-15)5-2-3-8-19/h9,12,14,19H,3-4,6-8,10-11H2,1H3,(H,17,20). The van der Waals surface area contributed by atoms with Gasteiger partial charge in [-0.1, -0.05) is 11.8 Å². The van der Waals surface area contributed by atoms with Crippen molar-refractivity contribution in [1.29, 1.82) is 0 Å². The number of nitrogens with one attached hydrogen (secondary N) is 1. The van der Waals surface area contributed by atoms with E-state index in [-0.39, 0.29) is 18.4 Å². The van der Waals surface area contributed by atoms with Gasteiger partial charge >= 0.3 is 0 Å². The average molecular weight is 306 g/mol. The molecular formula is C16H22N2O2S. The highest BCUT2D eigenvalue weighted by Crippen LogP contribution is 2.21.